The predicted molar refractivity (Wildman–Crippen MR) is 81.2 cm³/mol. The van der Waals surface area contributed by atoms with Crippen molar-refractivity contribution < 1.29 is 14.7 Å². The zero-order valence-electron chi connectivity index (χ0n) is 13.0. The van der Waals surface area contributed by atoms with Crippen molar-refractivity contribution in [1.29, 1.82) is 0 Å². The normalized spacial score (nSPS) is 23.5. The summed E-state index contributed by atoms with van der Waals surface area (Å²) in [6.07, 6.45) is 9.71. The summed E-state index contributed by atoms with van der Waals surface area (Å²) in [6.45, 7) is 2.83. The fourth-order valence-corrected chi connectivity index (χ4v) is 3.86. The Morgan fingerprint density at radius 3 is 2.10 bits per heavy atom. The summed E-state index contributed by atoms with van der Waals surface area (Å²) >= 11 is 0. The van der Waals surface area contributed by atoms with Crippen LogP contribution < -0.4 is 10.6 Å². The lowest BCUT2D eigenvalue weighted by atomic mass is 9.81. The van der Waals surface area contributed by atoms with Gasteiger partial charge in [0.25, 0.3) is 0 Å². The number of aliphatic carboxylic acids is 1. The van der Waals surface area contributed by atoms with Gasteiger partial charge >= 0.3 is 12.0 Å². The SMILES string of the molecule is CCC1(CNC(=O)NC2(C(=O)O)CCCCC2)CCCC1. The molecule has 2 rings (SSSR count). The number of carboxylic acids is 1. The molecule has 0 radical (unpaired) electrons. The summed E-state index contributed by atoms with van der Waals surface area (Å²) in [6, 6.07) is -0.320. The highest BCUT2D eigenvalue weighted by molar-refractivity contribution is 5.86. The van der Waals surface area contributed by atoms with Crippen LogP contribution in [-0.2, 0) is 4.79 Å². The van der Waals surface area contributed by atoms with Gasteiger partial charge in [0.2, 0.25) is 0 Å². The second-order valence-corrected chi connectivity index (χ2v) is 6.82. The van der Waals surface area contributed by atoms with Crippen LogP contribution >= 0.6 is 0 Å². The maximum atomic E-state index is 12.2. The number of urea groups is 1. The molecule has 0 atom stereocenters. The molecule has 3 N–H and O–H groups in total. The lowest BCUT2D eigenvalue weighted by Gasteiger charge is -2.35. The van der Waals surface area contributed by atoms with Crippen molar-refractivity contribution in [3.63, 3.8) is 0 Å². The Balaban J connectivity index is 1.89. The minimum atomic E-state index is -1.06. The summed E-state index contributed by atoms with van der Waals surface area (Å²) in [4.78, 5) is 23.7. The van der Waals surface area contributed by atoms with Crippen LogP contribution in [0, 0.1) is 5.41 Å². The third-order valence-electron chi connectivity index (χ3n) is 5.51. The molecule has 0 spiro atoms. The average molecular weight is 296 g/mol. The molecular weight excluding hydrogens is 268 g/mol. The molecule has 0 aromatic rings. The van der Waals surface area contributed by atoms with Crippen molar-refractivity contribution in [2.45, 2.75) is 76.7 Å². The molecule has 0 aromatic heterocycles. The Hall–Kier alpha value is -1.26. The molecule has 0 unspecified atom stereocenters. The van der Waals surface area contributed by atoms with Crippen molar-refractivity contribution in [1.82, 2.24) is 10.6 Å². The number of nitrogens with one attached hydrogen (secondary N) is 2. The number of carbonyl (C=O) groups is 2. The first-order chi connectivity index (χ1) is 10.0. The van der Waals surface area contributed by atoms with Gasteiger partial charge in [-0.05, 0) is 37.5 Å². The predicted octanol–water partition coefficient (Wildman–Crippen LogP) is 3.04. The van der Waals surface area contributed by atoms with E-state index in [-0.39, 0.29) is 11.4 Å². The Labute approximate surface area is 126 Å². The molecule has 0 aromatic carbocycles. The van der Waals surface area contributed by atoms with E-state index in [0.717, 1.165) is 38.5 Å². The largest absolute Gasteiger partial charge is 0.480 e. The standard InChI is InChI=1S/C16H28N2O3/c1-2-15(8-6-7-9-15)12-17-14(21)18-16(13(19)20)10-4-3-5-11-16/h2-12H2,1H3,(H,19,20)(H2,17,18,21). The number of carbonyl (C=O) groups excluding carboxylic acids is 1. The Morgan fingerprint density at radius 2 is 1.57 bits per heavy atom. The molecule has 2 aliphatic carbocycles. The topological polar surface area (TPSA) is 78.4 Å². The highest BCUT2D eigenvalue weighted by Gasteiger charge is 2.41. The van der Waals surface area contributed by atoms with Crippen LogP contribution in [0.4, 0.5) is 4.79 Å². The monoisotopic (exact) mass is 296 g/mol. The smallest absolute Gasteiger partial charge is 0.329 e. The molecular formula is C16H28N2O3. The zero-order chi connectivity index (χ0) is 15.3. The maximum Gasteiger partial charge on any atom is 0.329 e. The van der Waals surface area contributed by atoms with E-state index in [4.69, 9.17) is 0 Å². The molecule has 0 saturated heterocycles. The first-order valence-electron chi connectivity index (χ1n) is 8.31. The van der Waals surface area contributed by atoms with Crippen LogP contribution in [0.1, 0.15) is 71.1 Å². The van der Waals surface area contributed by atoms with Gasteiger partial charge in [0.05, 0.1) is 0 Å². The van der Waals surface area contributed by atoms with E-state index in [1.54, 1.807) is 0 Å². The van der Waals surface area contributed by atoms with E-state index < -0.39 is 11.5 Å². The van der Waals surface area contributed by atoms with Gasteiger partial charge in [-0.1, -0.05) is 39.0 Å². The summed E-state index contributed by atoms with van der Waals surface area (Å²) in [5, 5.41) is 15.1. The van der Waals surface area contributed by atoms with Crippen molar-refractivity contribution >= 4 is 12.0 Å². The Morgan fingerprint density at radius 1 is 1.00 bits per heavy atom. The lowest BCUT2D eigenvalue weighted by Crippen LogP contribution is -2.58. The first-order valence-corrected chi connectivity index (χ1v) is 8.31. The van der Waals surface area contributed by atoms with Gasteiger partial charge in [-0.25, -0.2) is 9.59 Å². The van der Waals surface area contributed by atoms with Gasteiger partial charge in [-0.2, -0.15) is 0 Å². The Kier molecular flexibility index (Phi) is 5.12. The highest BCUT2D eigenvalue weighted by Crippen LogP contribution is 2.40. The number of rotatable bonds is 5. The average Bonchev–Trinajstić information content (AvgIpc) is 2.95. The van der Waals surface area contributed by atoms with Gasteiger partial charge in [-0.3, -0.25) is 0 Å². The molecule has 2 fully saturated rings. The summed E-state index contributed by atoms with van der Waals surface area (Å²) in [7, 11) is 0. The molecule has 0 aliphatic heterocycles. The van der Waals surface area contributed by atoms with Crippen molar-refractivity contribution in [2.24, 2.45) is 5.41 Å². The summed E-state index contributed by atoms with van der Waals surface area (Å²) in [5.74, 6) is -0.900. The minimum Gasteiger partial charge on any atom is -0.480 e. The first kappa shape index (κ1) is 16.1. The van der Waals surface area contributed by atoms with E-state index in [0.29, 0.717) is 19.4 Å². The van der Waals surface area contributed by atoms with Gasteiger partial charge in [0, 0.05) is 6.54 Å². The summed E-state index contributed by atoms with van der Waals surface area (Å²) in [5.41, 5.74) is -0.836. The van der Waals surface area contributed by atoms with Crippen LogP contribution in [0.5, 0.6) is 0 Å². The molecule has 0 heterocycles. The second kappa shape index (κ2) is 6.67. The number of amides is 2. The third-order valence-corrected chi connectivity index (χ3v) is 5.51. The van der Waals surface area contributed by atoms with Crippen LogP contribution in [-0.4, -0.2) is 29.2 Å². The quantitative estimate of drug-likeness (QED) is 0.729. The Bertz CT molecular complexity index is 383. The molecule has 5 heteroatoms. The number of hydrogen-bond donors (Lipinski definition) is 3. The lowest BCUT2D eigenvalue weighted by molar-refractivity contribution is -0.145. The fourth-order valence-electron chi connectivity index (χ4n) is 3.86. The third kappa shape index (κ3) is 3.69. The van der Waals surface area contributed by atoms with E-state index in [1.165, 1.54) is 12.8 Å². The van der Waals surface area contributed by atoms with Gasteiger partial charge in [0.1, 0.15) is 5.54 Å². The van der Waals surface area contributed by atoms with E-state index in [1.807, 2.05) is 0 Å². The van der Waals surface area contributed by atoms with Crippen LogP contribution in [0.25, 0.3) is 0 Å². The summed E-state index contributed by atoms with van der Waals surface area (Å²) < 4.78 is 0. The molecule has 5 nitrogen and oxygen atoms in total. The van der Waals surface area contributed by atoms with Gasteiger partial charge < -0.3 is 15.7 Å². The second-order valence-electron chi connectivity index (χ2n) is 6.82. The maximum absolute atomic E-state index is 12.2. The molecule has 120 valence electrons. The zero-order valence-corrected chi connectivity index (χ0v) is 13.0. The minimum absolute atomic E-state index is 0.223. The van der Waals surface area contributed by atoms with Crippen LogP contribution in [0.3, 0.4) is 0 Å². The molecule has 0 bridgehead atoms. The number of carboxylic acid groups (broad SMARTS) is 1. The van der Waals surface area contributed by atoms with E-state index in [9.17, 15) is 14.7 Å². The molecule has 21 heavy (non-hydrogen) atoms. The van der Waals surface area contributed by atoms with Crippen molar-refractivity contribution in [2.75, 3.05) is 6.54 Å². The number of hydrogen-bond acceptors (Lipinski definition) is 2. The van der Waals surface area contributed by atoms with E-state index >= 15 is 0 Å². The van der Waals surface area contributed by atoms with Crippen LogP contribution in [0.2, 0.25) is 0 Å². The molecule has 2 aliphatic rings. The highest BCUT2D eigenvalue weighted by atomic mass is 16.4. The van der Waals surface area contributed by atoms with E-state index in [2.05, 4.69) is 17.6 Å². The van der Waals surface area contributed by atoms with Crippen molar-refractivity contribution in [3.8, 4) is 0 Å². The van der Waals surface area contributed by atoms with Crippen molar-refractivity contribution in [3.05, 3.63) is 0 Å². The van der Waals surface area contributed by atoms with Crippen LogP contribution in [0.15, 0.2) is 0 Å². The van der Waals surface area contributed by atoms with Gasteiger partial charge in [0.15, 0.2) is 0 Å². The fraction of sp³-hybridized carbons (Fsp3) is 0.875. The molecule has 2 amide bonds. The van der Waals surface area contributed by atoms with Gasteiger partial charge in [-0.15, -0.1) is 0 Å². The molecule has 2 saturated carbocycles.